The molecule has 21 heavy (non-hydrogen) atoms. The van der Waals surface area contributed by atoms with Gasteiger partial charge in [-0.3, -0.25) is 4.98 Å². The van der Waals surface area contributed by atoms with E-state index in [4.69, 9.17) is 4.74 Å². The molecule has 0 fully saturated rings. The largest absolute Gasteiger partial charge is 0.489 e. The average Bonchev–Trinajstić information content (AvgIpc) is 2.53. The van der Waals surface area contributed by atoms with Gasteiger partial charge in [0.1, 0.15) is 12.4 Å². The number of aromatic nitrogens is 1. The Labute approximate surface area is 123 Å². The van der Waals surface area contributed by atoms with Crippen LogP contribution in [-0.4, -0.2) is 4.98 Å². The van der Waals surface area contributed by atoms with Gasteiger partial charge in [0.2, 0.25) is 0 Å². The molecule has 0 spiro atoms. The number of pyridine rings is 1. The topological polar surface area (TPSA) is 45.9 Å². The highest BCUT2D eigenvalue weighted by Crippen LogP contribution is 2.24. The number of aryl methyl sites for hydroxylation is 1. The molecule has 1 heterocycles. The molecule has 0 amide bonds. The predicted molar refractivity (Wildman–Crippen MR) is 82.0 cm³/mol. The number of fused-ring (bicyclic) bond motifs is 1. The van der Waals surface area contributed by atoms with Crippen LogP contribution in [0, 0.1) is 18.3 Å². The van der Waals surface area contributed by atoms with Gasteiger partial charge in [-0.15, -0.1) is 0 Å². The quantitative estimate of drug-likeness (QED) is 0.725. The number of hydrogen-bond donors (Lipinski definition) is 0. The van der Waals surface area contributed by atoms with E-state index < -0.39 is 0 Å². The summed E-state index contributed by atoms with van der Waals surface area (Å²) < 4.78 is 5.79. The van der Waals surface area contributed by atoms with Crippen LogP contribution in [0.15, 0.2) is 54.6 Å². The highest BCUT2D eigenvalue weighted by Gasteiger charge is 2.05. The van der Waals surface area contributed by atoms with Crippen LogP contribution < -0.4 is 4.74 Å². The monoisotopic (exact) mass is 274 g/mol. The SMILES string of the molecule is Cc1cc(C#N)c2cc(OCc3ccccc3)ccc2n1. The molecule has 1 aromatic heterocycles. The molecule has 0 bridgehead atoms. The molecule has 0 saturated heterocycles. The van der Waals surface area contributed by atoms with Crippen molar-refractivity contribution in [3.63, 3.8) is 0 Å². The van der Waals surface area contributed by atoms with Crippen LogP contribution in [-0.2, 0) is 6.61 Å². The molecule has 0 radical (unpaired) electrons. The Balaban J connectivity index is 1.91. The smallest absolute Gasteiger partial charge is 0.120 e. The fourth-order valence-electron chi connectivity index (χ4n) is 2.26. The Morgan fingerprint density at radius 3 is 2.67 bits per heavy atom. The molecule has 3 aromatic rings. The van der Waals surface area contributed by atoms with Crippen LogP contribution in [0.1, 0.15) is 16.8 Å². The minimum atomic E-state index is 0.507. The second-order valence-corrected chi connectivity index (χ2v) is 4.88. The standard InChI is InChI=1S/C18H14N2O/c1-13-9-15(11-19)17-10-16(7-8-18(17)20-13)21-12-14-5-3-2-4-6-14/h2-10H,12H2,1H3. The summed E-state index contributed by atoms with van der Waals surface area (Å²) in [7, 11) is 0. The first-order valence-electron chi connectivity index (χ1n) is 6.74. The zero-order chi connectivity index (χ0) is 14.7. The average molecular weight is 274 g/mol. The van der Waals surface area contributed by atoms with E-state index in [0.29, 0.717) is 12.2 Å². The van der Waals surface area contributed by atoms with E-state index in [1.54, 1.807) is 6.07 Å². The van der Waals surface area contributed by atoms with Crippen molar-refractivity contribution in [3.05, 3.63) is 71.4 Å². The van der Waals surface area contributed by atoms with E-state index in [9.17, 15) is 5.26 Å². The molecular formula is C18H14N2O. The fraction of sp³-hybridized carbons (Fsp3) is 0.111. The molecule has 2 aromatic carbocycles. The molecule has 0 N–H and O–H groups in total. The van der Waals surface area contributed by atoms with E-state index in [0.717, 1.165) is 27.9 Å². The van der Waals surface area contributed by atoms with Crippen molar-refractivity contribution in [2.75, 3.05) is 0 Å². The van der Waals surface area contributed by atoms with E-state index in [-0.39, 0.29) is 0 Å². The highest BCUT2D eigenvalue weighted by atomic mass is 16.5. The van der Waals surface area contributed by atoms with Crippen molar-refractivity contribution in [3.8, 4) is 11.8 Å². The summed E-state index contributed by atoms with van der Waals surface area (Å²) in [6.07, 6.45) is 0. The van der Waals surface area contributed by atoms with Gasteiger partial charge >= 0.3 is 0 Å². The van der Waals surface area contributed by atoms with Crippen LogP contribution in [0.5, 0.6) is 5.75 Å². The minimum Gasteiger partial charge on any atom is -0.489 e. The summed E-state index contributed by atoms with van der Waals surface area (Å²) in [5.41, 5.74) is 3.40. The van der Waals surface area contributed by atoms with E-state index in [2.05, 4.69) is 11.1 Å². The van der Waals surface area contributed by atoms with Crippen molar-refractivity contribution in [1.29, 1.82) is 5.26 Å². The third-order valence-corrected chi connectivity index (χ3v) is 3.28. The number of rotatable bonds is 3. The minimum absolute atomic E-state index is 0.507. The number of ether oxygens (including phenoxy) is 1. The fourth-order valence-corrected chi connectivity index (χ4v) is 2.26. The van der Waals surface area contributed by atoms with Gasteiger partial charge in [0.15, 0.2) is 0 Å². The molecule has 0 atom stereocenters. The maximum Gasteiger partial charge on any atom is 0.120 e. The lowest BCUT2D eigenvalue weighted by Crippen LogP contribution is -1.96. The Morgan fingerprint density at radius 2 is 1.90 bits per heavy atom. The Bertz CT molecular complexity index is 820. The summed E-state index contributed by atoms with van der Waals surface area (Å²) in [6.45, 7) is 2.40. The van der Waals surface area contributed by atoms with Crippen molar-refractivity contribution >= 4 is 10.9 Å². The van der Waals surface area contributed by atoms with Crippen LogP contribution in [0.4, 0.5) is 0 Å². The number of nitrogens with zero attached hydrogens (tertiary/aromatic N) is 2. The first kappa shape index (κ1) is 13.1. The highest BCUT2D eigenvalue weighted by molar-refractivity contribution is 5.86. The molecule has 102 valence electrons. The van der Waals surface area contributed by atoms with Crippen LogP contribution in [0.2, 0.25) is 0 Å². The van der Waals surface area contributed by atoms with E-state index in [1.807, 2.05) is 55.5 Å². The van der Waals surface area contributed by atoms with Crippen LogP contribution >= 0.6 is 0 Å². The molecule has 0 saturated carbocycles. The van der Waals surface area contributed by atoms with Crippen LogP contribution in [0.25, 0.3) is 10.9 Å². The maximum absolute atomic E-state index is 9.24. The number of hydrogen-bond acceptors (Lipinski definition) is 3. The Hall–Kier alpha value is -2.86. The van der Waals surface area contributed by atoms with Crippen molar-refractivity contribution in [2.45, 2.75) is 13.5 Å². The molecule has 0 aliphatic heterocycles. The van der Waals surface area contributed by atoms with Crippen molar-refractivity contribution in [2.24, 2.45) is 0 Å². The summed E-state index contributed by atoms with van der Waals surface area (Å²) in [5, 5.41) is 10.1. The lowest BCUT2D eigenvalue weighted by Gasteiger charge is -2.08. The molecule has 0 aliphatic carbocycles. The van der Waals surface area contributed by atoms with Gasteiger partial charge in [-0.05, 0) is 36.8 Å². The second-order valence-electron chi connectivity index (χ2n) is 4.88. The number of nitriles is 1. The van der Waals surface area contributed by atoms with E-state index in [1.165, 1.54) is 0 Å². The summed E-state index contributed by atoms with van der Waals surface area (Å²) in [6, 6.07) is 19.7. The summed E-state index contributed by atoms with van der Waals surface area (Å²) in [4.78, 5) is 4.44. The summed E-state index contributed by atoms with van der Waals surface area (Å²) >= 11 is 0. The van der Waals surface area contributed by atoms with Gasteiger partial charge in [-0.2, -0.15) is 5.26 Å². The zero-order valence-electron chi connectivity index (χ0n) is 11.7. The number of benzene rings is 2. The third-order valence-electron chi connectivity index (χ3n) is 3.28. The lowest BCUT2D eigenvalue weighted by molar-refractivity contribution is 0.306. The second kappa shape index (κ2) is 5.64. The lowest BCUT2D eigenvalue weighted by atomic mass is 10.1. The molecule has 0 unspecified atom stereocenters. The van der Waals surface area contributed by atoms with Gasteiger partial charge < -0.3 is 4.74 Å². The molecule has 0 aliphatic rings. The molecule has 3 rings (SSSR count). The maximum atomic E-state index is 9.24. The van der Waals surface area contributed by atoms with Gasteiger partial charge in [0.05, 0.1) is 17.1 Å². The third kappa shape index (κ3) is 2.85. The first-order chi connectivity index (χ1) is 10.3. The van der Waals surface area contributed by atoms with Gasteiger partial charge in [-0.1, -0.05) is 30.3 Å². The Morgan fingerprint density at radius 1 is 1.10 bits per heavy atom. The van der Waals surface area contributed by atoms with Gasteiger partial charge in [0, 0.05) is 11.1 Å². The van der Waals surface area contributed by atoms with E-state index >= 15 is 0 Å². The first-order valence-corrected chi connectivity index (χ1v) is 6.74. The van der Waals surface area contributed by atoms with Gasteiger partial charge in [-0.25, -0.2) is 0 Å². The van der Waals surface area contributed by atoms with Gasteiger partial charge in [0.25, 0.3) is 0 Å². The normalized spacial score (nSPS) is 10.3. The molecule has 3 heteroatoms. The predicted octanol–water partition coefficient (Wildman–Crippen LogP) is 3.99. The van der Waals surface area contributed by atoms with Crippen LogP contribution in [0.3, 0.4) is 0 Å². The van der Waals surface area contributed by atoms with Crippen molar-refractivity contribution in [1.82, 2.24) is 4.98 Å². The Kier molecular flexibility index (Phi) is 3.53. The summed E-state index contributed by atoms with van der Waals surface area (Å²) in [5.74, 6) is 0.744. The van der Waals surface area contributed by atoms with Crippen molar-refractivity contribution < 1.29 is 4.74 Å². The molecular weight excluding hydrogens is 260 g/mol. The zero-order valence-corrected chi connectivity index (χ0v) is 11.7. The molecule has 3 nitrogen and oxygen atoms in total.